The summed E-state index contributed by atoms with van der Waals surface area (Å²) >= 11 is 6.31. The van der Waals surface area contributed by atoms with E-state index >= 15 is 0 Å². The zero-order valence-electron chi connectivity index (χ0n) is 13.7. The van der Waals surface area contributed by atoms with Crippen molar-refractivity contribution in [2.45, 2.75) is 40.2 Å². The van der Waals surface area contributed by atoms with Gasteiger partial charge in [-0.15, -0.1) is 0 Å². The van der Waals surface area contributed by atoms with Crippen molar-refractivity contribution in [3.8, 4) is 5.75 Å². The Labute approximate surface area is 141 Å². The van der Waals surface area contributed by atoms with Gasteiger partial charge in [0.25, 0.3) is 5.91 Å². The van der Waals surface area contributed by atoms with Crippen LogP contribution >= 0.6 is 11.6 Å². The third-order valence-corrected chi connectivity index (χ3v) is 3.82. The van der Waals surface area contributed by atoms with E-state index in [1.54, 1.807) is 23.7 Å². The SMILES string of the molecule is CCCCn1nc(C)c(C(=O)Nc2ccc(OCC)cc2)c1Cl. The normalized spacial score (nSPS) is 10.6. The van der Waals surface area contributed by atoms with Gasteiger partial charge in [0.15, 0.2) is 0 Å². The molecule has 0 spiro atoms. The van der Waals surface area contributed by atoms with Crippen LogP contribution in [0.25, 0.3) is 0 Å². The lowest BCUT2D eigenvalue weighted by molar-refractivity contribution is 0.102. The number of benzene rings is 1. The average Bonchev–Trinajstić information content (AvgIpc) is 2.81. The summed E-state index contributed by atoms with van der Waals surface area (Å²) < 4.78 is 7.07. The standard InChI is InChI=1S/C17H22ClN3O2/c1-4-6-11-21-16(18)15(12(3)20-21)17(22)19-13-7-9-14(10-8-13)23-5-2/h7-10H,4-6,11H2,1-3H3,(H,19,22). The van der Waals surface area contributed by atoms with E-state index in [0.717, 1.165) is 18.6 Å². The van der Waals surface area contributed by atoms with Crippen LogP contribution in [0.1, 0.15) is 42.7 Å². The number of anilines is 1. The molecule has 0 unspecified atom stereocenters. The van der Waals surface area contributed by atoms with Crippen molar-refractivity contribution in [1.82, 2.24) is 9.78 Å². The first-order chi connectivity index (χ1) is 11.1. The number of carbonyl (C=O) groups excluding carboxylic acids is 1. The van der Waals surface area contributed by atoms with Gasteiger partial charge in [0.05, 0.1) is 17.9 Å². The van der Waals surface area contributed by atoms with Crippen LogP contribution in [0.5, 0.6) is 5.75 Å². The lowest BCUT2D eigenvalue weighted by Gasteiger charge is -2.07. The summed E-state index contributed by atoms with van der Waals surface area (Å²) in [5.74, 6) is 0.520. The molecule has 124 valence electrons. The summed E-state index contributed by atoms with van der Waals surface area (Å²) in [7, 11) is 0. The molecule has 2 aromatic rings. The van der Waals surface area contributed by atoms with Gasteiger partial charge in [0, 0.05) is 12.2 Å². The van der Waals surface area contributed by atoms with E-state index in [1.807, 2.05) is 19.1 Å². The van der Waals surface area contributed by atoms with Gasteiger partial charge < -0.3 is 10.1 Å². The molecule has 6 heteroatoms. The van der Waals surface area contributed by atoms with Gasteiger partial charge in [-0.1, -0.05) is 24.9 Å². The second kappa shape index (κ2) is 8.02. The van der Waals surface area contributed by atoms with Crippen molar-refractivity contribution in [2.24, 2.45) is 0 Å². The molecular weight excluding hydrogens is 314 g/mol. The van der Waals surface area contributed by atoms with Crippen molar-refractivity contribution in [3.63, 3.8) is 0 Å². The third kappa shape index (κ3) is 4.26. The summed E-state index contributed by atoms with van der Waals surface area (Å²) in [5, 5.41) is 7.59. The molecule has 0 aliphatic carbocycles. The molecule has 23 heavy (non-hydrogen) atoms. The highest BCUT2D eigenvalue weighted by Gasteiger charge is 2.20. The molecular formula is C17H22ClN3O2. The molecule has 0 bridgehead atoms. The first-order valence-electron chi connectivity index (χ1n) is 7.83. The number of unbranched alkanes of at least 4 members (excludes halogenated alkanes) is 1. The number of nitrogens with one attached hydrogen (secondary N) is 1. The van der Waals surface area contributed by atoms with Gasteiger partial charge in [-0.05, 0) is 44.5 Å². The lowest BCUT2D eigenvalue weighted by atomic mass is 10.2. The maximum atomic E-state index is 12.5. The first-order valence-corrected chi connectivity index (χ1v) is 8.21. The zero-order chi connectivity index (χ0) is 16.8. The Morgan fingerprint density at radius 1 is 1.30 bits per heavy atom. The van der Waals surface area contributed by atoms with Crippen LogP contribution in [0.3, 0.4) is 0 Å². The van der Waals surface area contributed by atoms with Crippen LogP contribution in [0.2, 0.25) is 5.15 Å². The van der Waals surface area contributed by atoms with Gasteiger partial charge in [-0.25, -0.2) is 0 Å². The topological polar surface area (TPSA) is 56.2 Å². The van der Waals surface area contributed by atoms with Crippen LogP contribution in [-0.2, 0) is 6.54 Å². The summed E-state index contributed by atoms with van der Waals surface area (Å²) in [4.78, 5) is 12.5. The van der Waals surface area contributed by atoms with Gasteiger partial charge in [-0.3, -0.25) is 9.48 Å². The predicted octanol–water partition coefficient (Wildman–Crippen LogP) is 4.30. The Morgan fingerprint density at radius 3 is 2.61 bits per heavy atom. The average molecular weight is 336 g/mol. The van der Waals surface area contributed by atoms with Gasteiger partial charge in [0.1, 0.15) is 10.9 Å². The number of hydrogen-bond acceptors (Lipinski definition) is 3. The molecule has 1 amide bonds. The minimum absolute atomic E-state index is 0.251. The number of nitrogens with zero attached hydrogens (tertiary/aromatic N) is 2. The minimum Gasteiger partial charge on any atom is -0.494 e. The molecule has 0 radical (unpaired) electrons. The number of hydrogen-bond donors (Lipinski definition) is 1. The van der Waals surface area contributed by atoms with E-state index in [2.05, 4.69) is 17.3 Å². The van der Waals surface area contributed by atoms with Crippen LogP contribution < -0.4 is 10.1 Å². The quantitative estimate of drug-likeness (QED) is 0.820. The number of amides is 1. The van der Waals surface area contributed by atoms with Gasteiger partial charge in [-0.2, -0.15) is 5.10 Å². The molecule has 0 saturated carbocycles. The first kappa shape index (κ1) is 17.3. The highest BCUT2D eigenvalue weighted by molar-refractivity contribution is 6.33. The Bertz CT molecular complexity index is 665. The lowest BCUT2D eigenvalue weighted by Crippen LogP contribution is -2.13. The second-order valence-electron chi connectivity index (χ2n) is 5.24. The Kier molecular flexibility index (Phi) is 6.04. The Hall–Kier alpha value is -2.01. The Balaban J connectivity index is 2.12. The summed E-state index contributed by atoms with van der Waals surface area (Å²) in [6.07, 6.45) is 2.02. The number of halogens is 1. The second-order valence-corrected chi connectivity index (χ2v) is 5.60. The van der Waals surface area contributed by atoms with E-state index < -0.39 is 0 Å². The summed E-state index contributed by atoms with van der Waals surface area (Å²) in [6.45, 7) is 7.14. The highest BCUT2D eigenvalue weighted by atomic mass is 35.5. The minimum atomic E-state index is -0.251. The van der Waals surface area contributed by atoms with Crippen LogP contribution in [0.15, 0.2) is 24.3 Å². The highest BCUT2D eigenvalue weighted by Crippen LogP contribution is 2.22. The molecule has 0 atom stereocenters. The molecule has 1 aromatic carbocycles. The maximum absolute atomic E-state index is 12.5. The molecule has 1 N–H and O–H groups in total. The third-order valence-electron chi connectivity index (χ3n) is 3.44. The molecule has 0 aliphatic rings. The fourth-order valence-electron chi connectivity index (χ4n) is 2.26. The van der Waals surface area contributed by atoms with Crippen LogP contribution in [0.4, 0.5) is 5.69 Å². The van der Waals surface area contributed by atoms with Gasteiger partial charge >= 0.3 is 0 Å². The van der Waals surface area contributed by atoms with Crippen LogP contribution in [-0.4, -0.2) is 22.3 Å². The zero-order valence-corrected chi connectivity index (χ0v) is 14.5. The molecule has 5 nitrogen and oxygen atoms in total. The van der Waals surface area contributed by atoms with Crippen molar-refractivity contribution in [2.75, 3.05) is 11.9 Å². The van der Waals surface area contributed by atoms with Crippen molar-refractivity contribution < 1.29 is 9.53 Å². The molecule has 2 rings (SSSR count). The summed E-state index contributed by atoms with van der Waals surface area (Å²) in [6, 6.07) is 7.23. The van der Waals surface area contributed by atoms with E-state index in [-0.39, 0.29) is 5.91 Å². The number of ether oxygens (including phenoxy) is 1. The van der Waals surface area contributed by atoms with E-state index in [0.29, 0.717) is 35.2 Å². The number of rotatable bonds is 7. The van der Waals surface area contributed by atoms with E-state index in [4.69, 9.17) is 16.3 Å². The monoisotopic (exact) mass is 335 g/mol. The molecule has 1 heterocycles. The fourth-order valence-corrected chi connectivity index (χ4v) is 2.61. The smallest absolute Gasteiger partial charge is 0.260 e. The van der Waals surface area contributed by atoms with Crippen molar-refractivity contribution >= 4 is 23.2 Å². The number of carbonyl (C=O) groups is 1. The predicted molar refractivity (Wildman–Crippen MR) is 92.4 cm³/mol. The maximum Gasteiger partial charge on any atom is 0.260 e. The number of aromatic nitrogens is 2. The van der Waals surface area contributed by atoms with Crippen molar-refractivity contribution in [3.05, 3.63) is 40.7 Å². The molecule has 1 aromatic heterocycles. The van der Waals surface area contributed by atoms with Crippen LogP contribution in [0, 0.1) is 6.92 Å². The van der Waals surface area contributed by atoms with Gasteiger partial charge in [0.2, 0.25) is 0 Å². The largest absolute Gasteiger partial charge is 0.494 e. The molecule has 0 saturated heterocycles. The van der Waals surface area contributed by atoms with E-state index in [1.165, 1.54) is 0 Å². The number of aryl methyl sites for hydroxylation is 2. The molecule has 0 fully saturated rings. The Morgan fingerprint density at radius 2 is 2.00 bits per heavy atom. The van der Waals surface area contributed by atoms with E-state index in [9.17, 15) is 4.79 Å². The summed E-state index contributed by atoms with van der Waals surface area (Å²) in [5.41, 5.74) is 1.75. The fraction of sp³-hybridized carbons (Fsp3) is 0.412. The molecule has 0 aliphatic heterocycles. The van der Waals surface area contributed by atoms with Crippen molar-refractivity contribution in [1.29, 1.82) is 0 Å².